The lowest BCUT2D eigenvalue weighted by Crippen LogP contribution is -2.36. The molecule has 0 atom stereocenters. The van der Waals surface area contributed by atoms with E-state index in [9.17, 15) is 4.79 Å². The van der Waals surface area contributed by atoms with Crippen LogP contribution in [0.4, 0.5) is 0 Å². The maximum atomic E-state index is 12.4. The van der Waals surface area contributed by atoms with Gasteiger partial charge in [-0.05, 0) is 36.8 Å². The highest BCUT2D eigenvalue weighted by Gasteiger charge is 2.32. The summed E-state index contributed by atoms with van der Waals surface area (Å²) in [4.78, 5) is 16.5. The van der Waals surface area contributed by atoms with Gasteiger partial charge in [-0.25, -0.2) is 4.98 Å². The number of nitrogens with one attached hydrogen (secondary N) is 1. The molecule has 1 aromatic rings. The molecule has 21 heavy (non-hydrogen) atoms. The van der Waals surface area contributed by atoms with Crippen LogP contribution in [-0.4, -0.2) is 24.0 Å². The average Bonchev–Trinajstić information content (AvgIpc) is 3.00. The number of pyridine rings is 1. The number of hydrogen-bond donors (Lipinski definition) is 2. The number of nitrogens with zero attached hydrogens (tertiary/aromatic N) is 1. The molecule has 1 aliphatic rings. The molecule has 0 unspecified atom stereocenters. The van der Waals surface area contributed by atoms with E-state index in [0.29, 0.717) is 11.3 Å². The molecule has 1 aliphatic carbocycles. The highest BCUT2D eigenvalue weighted by Crippen LogP contribution is 2.40. The molecule has 3 N–H and O–H groups in total. The van der Waals surface area contributed by atoms with Gasteiger partial charge in [0, 0.05) is 12.7 Å². The Bertz CT molecular complexity index is 551. The van der Waals surface area contributed by atoms with Gasteiger partial charge in [0.2, 0.25) is 0 Å². The highest BCUT2D eigenvalue weighted by atomic mass is 16.1. The van der Waals surface area contributed by atoms with Gasteiger partial charge in [0.05, 0.1) is 12.1 Å². The Morgan fingerprint density at radius 1 is 1.48 bits per heavy atom. The Kier molecular flexibility index (Phi) is 5.35. The molecule has 112 valence electrons. The number of amides is 1. The minimum atomic E-state index is -0.142. The zero-order valence-corrected chi connectivity index (χ0v) is 12.6. The van der Waals surface area contributed by atoms with E-state index in [4.69, 9.17) is 5.73 Å². The summed E-state index contributed by atoms with van der Waals surface area (Å²) in [5.41, 5.74) is 6.68. The second-order valence-corrected chi connectivity index (χ2v) is 5.65. The van der Waals surface area contributed by atoms with Crippen molar-refractivity contribution in [2.75, 3.05) is 13.1 Å². The molecular weight excluding hydrogens is 262 g/mol. The first-order valence-electron chi connectivity index (χ1n) is 7.63. The second-order valence-electron chi connectivity index (χ2n) is 5.65. The van der Waals surface area contributed by atoms with Gasteiger partial charge < -0.3 is 11.1 Å². The Labute approximate surface area is 126 Å². The summed E-state index contributed by atoms with van der Waals surface area (Å²) in [5, 5.41) is 3.05. The maximum Gasteiger partial charge on any atom is 0.271 e. The molecule has 1 fully saturated rings. The van der Waals surface area contributed by atoms with Crippen molar-refractivity contribution in [2.24, 2.45) is 11.1 Å². The van der Waals surface area contributed by atoms with Crippen LogP contribution in [0, 0.1) is 17.3 Å². The molecule has 1 heterocycles. The third kappa shape index (κ3) is 3.83. The standard InChI is InChI=1S/C17H23N3O/c1-2-17(9-3-4-10-17)13-20-16(21)15-14(7-5-11-18)8-6-12-19-15/h6,8,12H,2-4,9-11,13,18H2,1H3,(H,20,21). The van der Waals surface area contributed by atoms with Crippen molar-refractivity contribution in [2.45, 2.75) is 39.0 Å². The topological polar surface area (TPSA) is 68.0 Å². The van der Waals surface area contributed by atoms with Crippen LogP contribution in [0.2, 0.25) is 0 Å². The molecular formula is C17H23N3O. The zero-order valence-electron chi connectivity index (χ0n) is 12.6. The molecule has 1 aromatic heterocycles. The van der Waals surface area contributed by atoms with Gasteiger partial charge >= 0.3 is 0 Å². The normalized spacial score (nSPS) is 16.1. The van der Waals surface area contributed by atoms with Gasteiger partial charge in [-0.15, -0.1) is 0 Å². The van der Waals surface area contributed by atoms with E-state index in [-0.39, 0.29) is 17.9 Å². The molecule has 1 saturated carbocycles. The first-order valence-corrected chi connectivity index (χ1v) is 7.63. The van der Waals surface area contributed by atoms with Crippen molar-refractivity contribution in [3.63, 3.8) is 0 Å². The first-order chi connectivity index (χ1) is 10.2. The minimum absolute atomic E-state index is 0.142. The molecule has 4 heteroatoms. The molecule has 0 bridgehead atoms. The van der Waals surface area contributed by atoms with E-state index in [1.54, 1.807) is 18.3 Å². The number of carbonyl (C=O) groups is 1. The molecule has 0 radical (unpaired) electrons. The molecule has 0 aliphatic heterocycles. The van der Waals surface area contributed by atoms with Gasteiger partial charge in [0.1, 0.15) is 5.69 Å². The fraction of sp³-hybridized carbons (Fsp3) is 0.529. The molecule has 1 amide bonds. The number of nitrogens with two attached hydrogens (primary N) is 1. The third-order valence-electron chi connectivity index (χ3n) is 4.39. The van der Waals surface area contributed by atoms with Crippen LogP contribution < -0.4 is 11.1 Å². The smallest absolute Gasteiger partial charge is 0.271 e. The van der Waals surface area contributed by atoms with Crippen LogP contribution in [0.5, 0.6) is 0 Å². The molecule has 4 nitrogen and oxygen atoms in total. The SMILES string of the molecule is CCC1(CNC(=O)c2ncccc2C#CCN)CCCC1. The maximum absolute atomic E-state index is 12.4. The molecule has 0 spiro atoms. The van der Waals surface area contributed by atoms with Crippen LogP contribution >= 0.6 is 0 Å². The quantitative estimate of drug-likeness (QED) is 0.832. The van der Waals surface area contributed by atoms with Crippen LogP contribution in [0.15, 0.2) is 18.3 Å². The van der Waals surface area contributed by atoms with Gasteiger partial charge in [0.15, 0.2) is 0 Å². The Morgan fingerprint density at radius 3 is 2.90 bits per heavy atom. The van der Waals surface area contributed by atoms with E-state index >= 15 is 0 Å². The lowest BCUT2D eigenvalue weighted by Gasteiger charge is -2.27. The number of hydrogen-bond acceptors (Lipinski definition) is 3. The first kappa shape index (κ1) is 15.5. The minimum Gasteiger partial charge on any atom is -0.350 e. The Balaban J connectivity index is 2.07. The molecule has 0 aromatic carbocycles. The molecule has 2 rings (SSSR count). The second kappa shape index (κ2) is 7.24. The summed E-state index contributed by atoms with van der Waals surface area (Å²) in [5.74, 6) is 5.54. The van der Waals surface area contributed by atoms with Crippen molar-refractivity contribution in [1.29, 1.82) is 0 Å². The fourth-order valence-corrected chi connectivity index (χ4v) is 2.97. The summed E-state index contributed by atoms with van der Waals surface area (Å²) in [6.45, 7) is 3.20. The van der Waals surface area contributed by atoms with Crippen LogP contribution in [0.25, 0.3) is 0 Å². The predicted octanol–water partition coefficient (Wildman–Crippen LogP) is 2.09. The van der Waals surface area contributed by atoms with Crippen molar-refractivity contribution in [1.82, 2.24) is 10.3 Å². The average molecular weight is 285 g/mol. The van der Waals surface area contributed by atoms with Gasteiger partial charge in [-0.3, -0.25) is 4.79 Å². The van der Waals surface area contributed by atoms with Crippen LogP contribution in [-0.2, 0) is 0 Å². The van der Waals surface area contributed by atoms with Gasteiger partial charge in [-0.2, -0.15) is 0 Å². The van der Waals surface area contributed by atoms with Crippen molar-refractivity contribution in [3.05, 3.63) is 29.6 Å². The van der Waals surface area contributed by atoms with E-state index < -0.39 is 0 Å². The molecule has 0 saturated heterocycles. The van der Waals surface area contributed by atoms with Crippen LogP contribution in [0.1, 0.15) is 55.1 Å². The van der Waals surface area contributed by atoms with Crippen molar-refractivity contribution >= 4 is 5.91 Å². The van der Waals surface area contributed by atoms with Crippen molar-refractivity contribution in [3.8, 4) is 11.8 Å². The fourth-order valence-electron chi connectivity index (χ4n) is 2.97. The van der Waals surface area contributed by atoms with E-state index in [2.05, 4.69) is 29.1 Å². The van der Waals surface area contributed by atoms with E-state index in [0.717, 1.165) is 13.0 Å². The monoisotopic (exact) mass is 285 g/mol. The number of carbonyl (C=O) groups excluding carboxylic acids is 1. The Morgan fingerprint density at radius 2 is 2.24 bits per heavy atom. The number of aromatic nitrogens is 1. The Hall–Kier alpha value is -1.86. The largest absolute Gasteiger partial charge is 0.350 e. The van der Waals surface area contributed by atoms with E-state index in [1.165, 1.54) is 25.7 Å². The third-order valence-corrected chi connectivity index (χ3v) is 4.39. The van der Waals surface area contributed by atoms with Crippen molar-refractivity contribution < 1.29 is 4.79 Å². The highest BCUT2D eigenvalue weighted by molar-refractivity contribution is 5.94. The lowest BCUT2D eigenvalue weighted by atomic mass is 9.83. The zero-order chi connectivity index (χ0) is 15.1. The predicted molar refractivity (Wildman–Crippen MR) is 83.7 cm³/mol. The summed E-state index contributed by atoms with van der Waals surface area (Å²) in [6, 6.07) is 3.58. The number of rotatable bonds is 4. The van der Waals surface area contributed by atoms with E-state index in [1.807, 2.05) is 0 Å². The van der Waals surface area contributed by atoms with Gasteiger partial charge in [0.25, 0.3) is 5.91 Å². The summed E-state index contributed by atoms with van der Waals surface area (Å²) < 4.78 is 0. The van der Waals surface area contributed by atoms with Crippen LogP contribution in [0.3, 0.4) is 0 Å². The lowest BCUT2D eigenvalue weighted by molar-refractivity contribution is 0.0923. The summed E-state index contributed by atoms with van der Waals surface area (Å²) >= 11 is 0. The van der Waals surface area contributed by atoms with Gasteiger partial charge in [-0.1, -0.05) is 31.6 Å². The summed E-state index contributed by atoms with van der Waals surface area (Å²) in [7, 11) is 0. The summed E-state index contributed by atoms with van der Waals surface area (Å²) in [6.07, 6.45) is 7.65.